The minimum Gasteiger partial charge on any atom is -0.494 e. The van der Waals surface area contributed by atoms with Crippen molar-refractivity contribution in [3.05, 3.63) is 48.2 Å². The molecule has 0 bridgehead atoms. The quantitative estimate of drug-likeness (QED) is 0.708. The number of nitrogens with two attached hydrogens (primary N) is 1. The van der Waals surface area contributed by atoms with Gasteiger partial charge in [0, 0.05) is 31.3 Å². The Balaban J connectivity index is 0.00000312. The maximum Gasteiger partial charge on any atom is 0.224 e. The van der Waals surface area contributed by atoms with Crippen LogP contribution < -0.4 is 20.5 Å². The Labute approximate surface area is 166 Å². The van der Waals surface area contributed by atoms with Crippen LogP contribution in [0.15, 0.2) is 42.6 Å². The van der Waals surface area contributed by atoms with Crippen LogP contribution in [0.4, 0.5) is 0 Å². The summed E-state index contributed by atoms with van der Waals surface area (Å²) in [6.07, 6.45) is 1.65. The molecule has 0 saturated heterocycles. The maximum absolute atomic E-state index is 11.8. The summed E-state index contributed by atoms with van der Waals surface area (Å²) in [6.45, 7) is 5.09. The summed E-state index contributed by atoms with van der Waals surface area (Å²) in [6, 6.07) is 11.0. The summed E-state index contributed by atoms with van der Waals surface area (Å²) < 4.78 is 11.1. The molecular formula is C18H25Cl2N3O3. The smallest absolute Gasteiger partial charge is 0.224 e. The summed E-state index contributed by atoms with van der Waals surface area (Å²) in [5, 5.41) is 2.84. The Morgan fingerprint density at radius 1 is 1.19 bits per heavy atom. The molecule has 0 radical (unpaired) electrons. The first-order valence-corrected chi connectivity index (χ1v) is 7.95. The molecule has 1 amide bonds. The minimum atomic E-state index is -0.202. The third kappa shape index (κ3) is 7.47. The van der Waals surface area contributed by atoms with Crippen molar-refractivity contribution in [2.45, 2.75) is 20.4 Å². The van der Waals surface area contributed by atoms with E-state index in [4.69, 9.17) is 15.2 Å². The van der Waals surface area contributed by atoms with Gasteiger partial charge < -0.3 is 20.5 Å². The Morgan fingerprint density at radius 2 is 1.85 bits per heavy atom. The van der Waals surface area contributed by atoms with Gasteiger partial charge in [0.15, 0.2) is 0 Å². The number of nitrogens with zero attached hydrogens (tertiary/aromatic N) is 1. The fraction of sp³-hybridized carbons (Fsp3) is 0.333. The average Bonchev–Trinajstić information content (AvgIpc) is 2.61. The lowest BCUT2D eigenvalue weighted by Gasteiger charge is -2.11. The SMILES string of the molecule is CCOc1ccc(Oc2cc(CNC(=O)C(C)CN)ccn2)cc1.Cl.Cl. The van der Waals surface area contributed by atoms with Crippen molar-refractivity contribution < 1.29 is 14.3 Å². The van der Waals surface area contributed by atoms with E-state index in [1.54, 1.807) is 19.2 Å². The summed E-state index contributed by atoms with van der Waals surface area (Å²) in [4.78, 5) is 15.9. The summed E-state index contributed by atoms with van der Waals surface area (Å²) in [5.41, 5.74) is 6.39. The number of rotatable bonds is 8. The highest BCUT2D eigenvalue weighted by molar-refractivity contribution is 5.85. The number of carbonyl (C=O) groups is 1. The number of benzene rings is 1. The van der Waals surface area contributed by atoms with Gasteiger partial charge in [0.1, 0.15) is 11.5 Å². The Kier molecular flexibility index (Phi) is 11.4. The molecule has 1 heterocycles. The van der Waals surface area contributed by atoms with Crippen LogP contribution in [0.2, 0.25) is 0 Å². The third-order valence-corrected chi connectivity index (χ3v) is 3.42. The Bertz CT molecular complexity index is 669. The van der Waals surface area contributed by atoms with Gasteiger partial charge in [-0.25, -0.2) is 4.98 Å². The molecule has 0 saturated carbocycles. The number of halogens is 2. The fourth-order valence-corrected chi connectivity index (χ4v) is 1.98. The second-order valence-corrected chi connectivity index (χ2v) is 5.36. The lowest BCUT2D eigenvalue weighted by Crippen LogP contribution is -2.32. The van der Waals surface area contributed by atoms with E-state index in [-0.39, 0.29) is 36.6 Å². The largest absolute Gasteiger partial charge is 0.494 e. The first kappa shape index (κ1) is 24.0. The Hall–Kier alpha value is -2.02. The molecule has 0 aliphatic rings. The summed E-state index contributed by atoms with van der Waals surface area (Å²) >= 11 is 0. The lowest BCUT2D eigenvalue weighted by atomic mass is 10.1. The highest BCUT2D eigenvalue weighted by atomic mass is 35.5. The standard InChI is InChI=1S/C18H23N3O3.2ClH/c1-3-23-15-4-6-16(7-5-15)24-17-10-14(8-9-20-17)12-21-18(22)13(2)11-19;;/h4-10,13H,3,11-12,19H2,1-2H3,(H,21,22);2*1H. The normalized spacial score (nSPS) is 10.7. The van der Waals surface area contributed by atoms with Crippen LogP contribution in [0.25, 0.3) is 0 Å². The molecule has 1 aromatic heterocycles. The van der Waals surface area contributed by atoms with E-state index in [0.717, 1.165) is 11.3 Å². The van der Waals surface area contributed by atoms with Gasteiger partial charge >= 0.3 is 0 Å². The number of nitrogens with one attached hydrogen (secondary N) is 1. The van der Waals surface area contributed by atoms with Gasteiger partial charge in [-0.3, -0.25) is 4.79 Å². The number of ether oxygens (including phenoxy) is 2. The van der Waals surface area contributed by atoms with Crippen molar-refractivity contribution in [2.24, 2.45) is 11.7 Å². The van der Waals surface area contributed by atoms with Crippen molar-refractivity contribution in [1.29, 1.82) is 0 Å². The molecule has 0 spiro atoms. The third-order valence-electron chi connectivity index (χ3n) is 3.42. The highest BCUT2D eigenvalue weighted by Gasteiger charge is 2.10. The second-order valence-electron chi connectivity index (χ2n) is 5.36. The van der Waals surface area contributed by atoms with Gasteiger partial charge in [0.05, 0.1) is 6.61 Å². The van der Waals surface area contributed by atoms with Gasteiger partial charge in [-0.05, 0) is 42.8 Å². The number of amides is 1. The van der Waals surface area contributed by atoms with Crippen molar-refractivity contribution in [2.75, 3.05) is 13.2 Å². The van der Waals surface area contributed by atoms with E-state index >= 15 is 0 Å². The van der Waals surface area contributed by atoms with Crippen LogP contribution in [-0.2, 0) is 11.3 Å². The predicted octanol–water partition coefficient (Wildman–Crippen LogP) is 3.33. The monoisotopic (exact) mass is 401 g/mol. The van der Waals surface area contributed by atoms with Crippen molar-refractivity contribution >= 4 is 30.7 Å². The molecule has 0 aliphatic carbocycles. The maximum atomic E-state index is 11.8. The van der Waals surface area contributed by atoms with Crippen LogP contribution in [-0.4, -0.2) is 24.0 Å². The number of pyridine rings is 1. The zero-order chi connectivity index (χ0) is 17.4. The molecule has 6 nitrogen and oxygen atoms in total. The van der Waals surface area contributed by atoms with Crippen LogP contribution in [0.5, 0.6) is 17.4 Å². The van der Waals surface area contributed by atoms with E-state index in [2.05, 4.69) is 10.3 Å². The van der Waals surface area contributed by atoms with E-state index in [1.807, 2.05) is 37.3 Å². The highest BCUT2D eigenvalue weighted by Crippen LogP contribution is 2.23. The van der Waals surface area contributed by atoms with Gasteiger partial charge in [0.2, 0.25) is 11.8 Å². The van der Waals surface area contributed by atoms with Crippen molar-refractivity contribution in [3.63, 3.8) is 0 Å². The number of carbonyl (C=O) groups excluding carboxylic acids is 1. The molecule has 3 N–H and O–H groups in total. The molecular weight excluding hydrogens is 377 g/mol. The van der Waals surface area contributed by atoms with E-state index in [9.17, 15) is 4.79 Å². The van der Waals surface area contributed by atoms with Crippen LogP contribution >= 0.6 is 24.8 Å². The first-order chi connectivity index (χ1) is 11.6. The molecule has 1 aromatic carbocycles. The fourth-order valence-electron chi connectivity index (χ4n) is 1.98. The molecule has 2 rings (SSSR count). The molecule has 0 fully saturated rings. The predicted molar refractivity (Wildman–Crippen MR) is 106 cm³/mol. The molecule has 144 valence electrons. The summed E-state index contributed by atoms with van der Waals surface area (Å²) in [5.74, 6) is 1.67. The molecule has 1 unspecified atom stereocenters. The topological polar surface area (TPSA) is 86.5 Å². The van der Waals surface area contributed by atoms with E-state index in [0.29, 0.717) is 31.3 Å². The molecule has 0 aliphatic heterocycles. The molecule has 2 aromatic rings. The first-order valence-electron chi connectivity index (χ1n) is 7.95. The number of hydrogen-bond acceptors (Lipinski definition) is 5. The molecule has 1 atom stereocenters. The van der Waals surface area contributed by atoms with Gasteiger partial charge in [-0.15, -0.1) is 24.8 Å². The van der Waals surface area contributed by atoms with Gasteiger partial charge in [0.25, 0.3) is 0 Å². The van der Waals surface area contributed by atoms with E-state index in [1.165, 1.54) is 0 Å². The Morgan fingerprint density at radius 3 is 2.46 bits per heavy atom. The van der Waals surface area contributed by atoms with Crippen molar-refractivity contribution in [1.82, 2.24) is 10.3 Å². The minimum absolute atomic E-state index is 0. The number of hydrogen-bond donors (Lipinski definition) is 2. The van der Waals surface area contributed by atoms with Crippen LogP contribution in [0, 0.1) is 5.92 Å². The summed E-state index contributed by atoms with van der Waals surface area (Å²) in [7, 11) is 0. The van der Waals surface area contributed by atoms with Gasteiger partial charge in [-0.2, -0.15) is 0 Å². The second kappa shape index (κ2) is 12.4. The molecule has 26 heavy (non-hydrogen) atoms. The van der Waals surface area contributed by atoms with E-state index < -0.39 is 0 Å². The average molecular weight is 402 g/mol. The lowest BCUT2D eigenvalue weighted by molar-refractivity contribution is -0.124. The van der Waals surface area contributed by atoms with Gasteiger partial charge in [-0.1, -0.05) is 6.92 Å². The molecule has 8 heteroatoms. The number of aromatic nitrogens is 1. The zero-order valence-electron chi connectivity index (χ0n) is 14.8. The van der Waals surface area contributed by atoms with Crippen LogP contribution in [0.1, 0.15) is 19.4 Å². The van der Waals surface area contributed by atoms with Crippen molar-refractivity contribution in [3.8, 4) is 17.4 Å². The zero-order valence-corrected chi connectivity index (χ0v) is 16.4. The van der Waals surface area contributed by atoms with Crippen LogP contribution in [0.3, 0.4) is 0 Å².